The van der Waals surface area contributed by atoms with E-state index in [2.05, 4.69) is 22.4 Å². The number of amides is 2. The number of methoxy groups -OCH3 is 1. The van der Waals surface area contributed by atoms with E-state index in [0.717, 1.165) is 12.8 Å². The first-order valence-electron chi connectivity index (χ1n) is 8.28. The largest absolute Gasteiger partial charge is 0.493 e. The van der Waals surface area contributed by atoms with Crippen molar-refractivity contribution >= 4 is 18.0 Å². The Labute approximate surface area is 152 Å². The van der Waals surface area contributed by atoms with Crippen LogP contribution in [0.25, 0.3) is 0 Å². The normalized spacial score (nSPS) is 16.3. The highest BCUT2D eigenvalue weighted by Gasteiger charge is 2.18. The standard InChI is InChI=1S/C18H23N3O5/c1-3-8-26-15-7-6-13(10-16(15)24-2)11-20-21-18(23)17(22)19-12-14-5-4-9-25-14/h3,6-7,10-11,14H,1,4-5,8-9,12H2,2H3,(H,19,22)(H,21,23)/b20-11-/t14-/m1/s1. The molecule has 0 aliphatic carbocycles. The lowest BCUT2D eigenvalue weighted by molar-refractivity contribution is -0.139. The number of rotatable bonds is 8. The monoisotopic (exact) mass is 361 g/mol. The lowest BCUT2D eigenvalue weighted by Crippen LogP contribution is -2.41. The highest BCUT2D eigenvalue weighted by atomic mass is 16.5. The van der Waals surface area contributed by atoms with E-state index in [0.29, 0.717) is 36.8 Å². The van der Waals surface area contributed by atoms with Crippen molar-refractivity contribution in [2.75, 3.05) is 26.9 Å². The number of nitrogens with zero attached hydrogens (tertiary/aromatic N) is 1. The molecule has 1 atom stereocenters. The number of hydrogen-bond donors (Lipinski definition) is 2. The van der Waals surface area contributed by atoms with Gasteiger partial charge in [-0.3, -0.25) is 9.59 Å². The summed E-state index contributed by atoms with van der Waals surface area (Å²) in [6.45, 7) is 4.96. The molecule has 1 aliphatic rings. The topological polar surface area (TPSA) is 98.2 Å². The molecule has 140 valence electrons. The second kappa shape index (κ2) is 10.2. The van der Waals surface area contributed by atoms with Crippen molar-refractivity contribution in [2.45, 2.75) is 18.9 Å². The van der Waals surface area contributed by atoms with Gasteiger partial charge in [-0.05, 0) is 36.6 Å². The Morgan fingerprint density at radius 3 is 2.92 bits per heavy atom. The summed E-state index contributed by atoms with van der Waals surface area (Å²) >= 11 is 0. The predicted molar refractivity (Wildman–Crippen MR) is 96.4 cm³/mol. The smallest absolute Gasteiger partial charge is 0.329 e. The van der Waals surface area contributed by atoms with E-state index in [4.69, 9.17) is 14.2 Å². The average Bonchev–Trinajstić information content (AvgIpc) is 3.18. The molecular weight excluding hydrogens is 338 g/mol. The summed E-state index contributed by atoms with van der Waals surface area (Å²) in [6.07, 6.45) is 4.87. The molecule has 1 aromatic rings. The first-order valence-corrected chi connectivity index (χ1v) is 8.28. The second-order valence-electron chi connectivity index (χ2n) is 5.55. The van der Waals surface area contributed by atoms with E-state index < -0.39 is 11.8 Å². The average molecular weight is 361 g/mol. The quantitative estimate of drug-likeness (QED) is 0.312. The van der Waals surface area contributed by atoms with Gasteiger partial charge in [0.05, 0.1) is 19.4 Å². The molecule has 2 amide bonds. The first kappa shape index (κ1) is 19.5. The number of carbonyl (C=O) groups excluding carboxylic acids is 2. The van der Waals surface area contributed by atoms with Crippen molar-refractivity contribution < 1.29 is 23.8 Å². The van der Waals surface area contributed by atoms with Gasteiger partial charge in [-0.15, -0.1) is 0 Å². The van der Waals surface area contributed by atoms with Crippen molar-refractivity contribution in [3.8, 4) is 11.5 Å². The van der Waals surface area contributed by atoms with Crippen LogP contribution in [0.2, 0.25) is 0 Å². The van der Waals surface area contributed by atoms with Crippen LogP contribution in [0.4, 0.5) is 0 Å². The third kappa shape index (κ3) is 5.89. The predicted octanol–water partition coefficient (Wildman–Crippen LogP) is 1.01. The van der Waals surface area contributed by atoms with Crippen LogP contribution in [-0.2, 0) is 14.3 Å². The molecule has 2 rings (SSSR count). The van der Waals surface area contributed by atoms with Gasteiger partial charge in [0, 0.05) is 13.2 Å². The van der Waals surface area contributed by atoms with E-state index in [1.54, 1.807) is 24.3 Å². The maximum Gasteiger partial charge on any atom is 0.329 e. The van der Waals surface area contributed by atoms with Crippen LogP contribution in [0, 0.1) is 0 Å². The molecule has 8 nitrogen and oxygen atoms in total. The molecule has 2 N–H and O–H groups in total. The summed E-state index contributed by atoms with van der Waals surface area (Å²) in [5.74, 6) is -0.487. The summed E-state index contributed by atoms with van der Waals surface area (Å²) in [4.78, 5) is 23.4. The van der Waals surface area contributed by atoms with Crippen LogP contribution in [0.5, 0.6) is 11.5 Å². The number of benzene rings is 1. The molecule has 0 unspecified atom stereocenters. The maximum atomic E-state index is 11.7. The second-order valence-corrected chi connectivity index (χ2v) is 5.55. The van der Waals surface area contributed by atoms with Crippen molar-refractivity contribution in [1.29, 1.82) is 0 Å². The zero-order valence-corrected chi connectivity index (χ0v) is 14.7. The van der Waals surface area contributed by atoms with Crippen molar-refractivity contribution in [3.05, 3.63) is 36.4 Å². The van der Waals surface area contributed by atoms with Crippen LogP contribution in [0.1, 0.15) is 18.4 Å². The lowest BCUT2D eigenvalue weighted by Gasteiger charge is -2.10. The van der Waals surface area contributed by atoms with E-state index in [1.807, 2.05) is 0 Å². The van der Waals surface area contributed by atoms with Gasteiger partial charge in [0.2, 0.25) is 0 Å². The summed E-state index contributed by atoms with van der Waals surface area (Å²) in [7, 11) is 1.53. The lowest BCUT2D eigenvalue weighted by atomic mass is 10.2. The fourth-order valence-electron chi connectivity index (χ4n) is 2.34. The zero-order valence-electron chi connectivity index (χ0n) is 14.7. The molecule has 1 saturated heterocycles. The Morgan fingerprint density at radius 1 is 1.38 bits per heavy atom. The van der Waals surface area contributed by atoms with E-state index in [-0.39, 0.29) is 6.10 Å². The minimum atomic E-state index is -0.836. The van der Waals surface area contributed by atoms with Crippen molar-refractivity contribution in [1.82, 2.24) is 10.7 Å². The minimum absolute atomic E-state index is 0.0236. The molecular formula is C18H23N3O5. The molecule has 1 aliphatic heterocycles. The molecule has 1 fully saturated rings. The maximum absolute atomic E-state index is 11.7. The Morgan fingerprint density at radius 2 is 2.23 bits per heavy atom. The summed E-state index contributed by atoms with van der Waals surface area (Å²) in [6, 6.07) is 5.17. The Balaban J connectivity index is 1.83. The van der Waals surface area contributed by atoms with Crippen molar-refractivity contribution in [2.24, 2.45) is 5.10 Å². The highest BCUT2D eigenvalue weighted by Crippen LogP contribution is 2.27. The van der Waals surface area contributed by atoms with Gasteiger partial charge in [-0.1, -0.05) is 12.7 Å². The van der Waals surface area contributed by atoms with E-state index >= 15 is 0 Å². The molecule has 0 saturated carbocycles. The van der Waals surface area contributed by atoms with Gasteiger partial charge in [0.1, 0.15) is 6.61 Å². The van der Waals surface area contributed by atoms with Gasteiger partial charge in [0.15, 0.2) is 11.5 Å². The fraction of sp³-hybridized carbons (Fsp3) is 0.389. The SMILES string of the molecule is C=CCOc1ccc(/C=N\NC(=O)C(=O)NC[C@H]2CCCO2)cc1OC. The van der Waals surface area contributed by atoms with Crippen LogP contribution < -0.4 is 20.2 Å². The van der Waals surface area contributed by atoms with Gasteiger partial charge in [-0.25, -0.2) is 5.43 Å². The van der Waals surface area contributed by atoms with Crippen molar-refractivity contribution in [3.63, 3.8) is 0 Å². The van der Waals surface area contributed by atoms with Crippen LogP contribution in [0.3, 0.4) is 0 Å². The molecule has 0 radical (unpaired) electrons. The van der Waals surface area contributed by atoms with Crippen LogP contribution in [-0.4, -0.2) is 51.0 Å². The molecule has 8 heteroatoms. The number of nitrogens with one attached hydrogen (secondary N) is 2. The molecule has 0 aromatic heterocycles. The third-order valence-electron chi connectivity index (χ3n) is 3.64. The fourth-order valence-corrected chi connectivity index (χ4v) is 2.34. The third-order valence-corrected chi connectivity index (χ3v) is 3.64. The Hall–Kier alpha value is -2.87. The van der Waals surface area contributed by atoms with Gasteiger partial charge in [-0.2, -0.15) is 5.10 Å². The molecule has 1 aromatic carbocycles. The van der Waals surface area contributed by atoms with Crippen LogP contribution >= 0.6 is 0 Å². The van der Waals surface area contributed by atoms with Gasteiger partial charge >= 0.3 is 11.8 Å². The van der Waals surface area contributed by atoms with E-state index in [9.17, 15) is 9.59 Å². The zero-order chi connectivity index (χ0) is 18.8. The number of hydrazone groups is 1. The molecule has 0 spiro atoms. The molecule has 1 heterocycles. The number of carbonyl (C=O) groups is 2. The summed E-state index contributed by atoms with van der Waals surface area (Å²) < 4.78 is 16.1. The Bertz CT molecular complexity index is 669. The molecule has 26 heavy (non-hydrogen) atoms. The minimum Gasteiger partial charge on any atom is -0.493 e. The van der Waals surface area contributed by atoms with Crippen LogP contribution in [0.15, 0.2) is 36.0 Å². The number of hydrogen-bond acceptors (Lipinski definition) is 6. The number of ether oxygens (including phenoxy) is 3. The summed E-state index contributed by atoms with van der Waals surface area (Å²) in [5, 5.41) is 6.30. The summed E-state index contributed by atoms with van der Waals surface area (Å²) in [5.41, 5.74) is 2.86. The highest BCUT2D eigenvalue weighted by molar-refractivity contribution is 6.35. The Kier molecular flexibility index (Phi) is 7.63. The molecule has 0 bridgehead atoms. The first-order chi connectivity index (χ1) is 12.6. The van der Waals surface area contributed by atoms with E-state index in [1.165, 1.54) is 13.3 Å². The van der Waals surface area contributed by atoms with Gasteiger partial charge < -0.3 is 19.5 Å². The van der Waals surface area contributed by atoms with Gasteiger partial charge in [0.25, 0.3) is 0 Å².